The van der Waals surface area contributed by atoms with Gasteiger partial charge in [0, 0.05) is 13.6 Å². The summed E-state index contributed by atoms with van der Waals surface area (Å²) in [7, 11) is -2.54. The lowest BCUT2D eigenvalue weighted by Crippen LogP contribution is -2.51. The zero-order valence-electron chi connectivity index (χ0n) is 21.1. The van der Waals surface area contributed by atoms with Crippen molar-refractivity contribution in [3.8, 4) is 0 Å². The van der Waals surface area contributed by atoms with Crippen molar-refractivity contribution in [2.75, 3.05) is 17.9 Å². The lowest BCUT2D eigenvalue weighted by molar-refractivity contribution is -0.140. The van der Waals surface area contributed by atoms with Crippen LogP contribution in [0.4, 0.5) is 5.69 Å². The Labute approximate surface area is 213 Å². The van der Waals surface area contributed by atoms with Crippen molar-refractivity contribution < 1.29 is 18.0 Å². The first-order chi connectivity index (χ1) is 17.2. The van der Waals surface area contributed by atoms with Gasteiger partial charge in [-0.05, 0) is 49.6 Å². The maximum absolute atomic E-state index is 13.8. The second-order valence-corrected chi connectivity index (χ2v) is 10.5. The summed E-state index contributed by atoms with van der Waals surface area (Å²) in [5.41, 5.74) is 2.98. The molecule has 3 rings (SSSR count). The summed E-state index contributed by atoms with van der Waals surface area (Å²) in [6, 6.07) is 22.1. The van der Waals surface area contributed by atoms with Crippen LogP contribution >= 0.6 is 0 Å². The Morgan fingerprint density at radius 3 is 2.08 bits per heavy atom. The summed E-state index contributed by atoms with van der Waals surface area (Å²) in [5, 5.41) is 2.63. The van der Waals surface area contributed by atoms with Crippen LogP contribution in [0, 0.1) is 13.8 Å². The molecule has 1 atom stereocenters. The van der Waals surface area contributed by atoms with E-state index in [0.717, 1.165) is 21.0 Å². The van der Waals surface area contributed by atoms with Gasteiger partial charge in [0.25, 0.3) is 10.0 Å². The molecule has 0 aliphatic heterocycles. The Hall–Kier alpha value is -3.65. The largest absolute Gasteiger partial charge is 0.357 e. The van der Waals surface area contributed by atoms with Crippen LogP contribution in [0.15, 0.2) is 83.8 Å². The SMILES string of the molecule is CCC(C(=O)NC)N(Cc1ccccc1)C(=O)CN(c1ccc(C)cc1C)S(=O)(=O)c1ccccc1. The number of anilines is 1. The van der Waals surface area contributed by atoms with E-state index in [2.05, 4.69) is 5.32 Å². The average molecular weight is 508 g/mol. The van der Waals surface area contributed by atoms with E-state index in [-0.39, 0.29) is 17.3 Å². The number of rotatable bonds is 10. The van der Waals surface area contributed by atoms with Crippen LogP contribution in [0.3, 0.4) is 0 Å². The maximum Gasteiger partial charge on any atom is 0.264 e. The van der Waals surface area contributed by atoms with Gasteiger partial charge in [0.1, 0.15) is 12.6 Å². The van der Waals surface area contributed by atoms with Gasteiger partial charge in [-0.25, -0.2) is 8.42 Å². The van der Waals surface area contributed by atoms with Crippen LogP contribution in [0.25, 0.3) is 0 Å². The molecular weight excluding hydrogens is 474 g/mol. The highest BCUT2D eigenvalue weighted by Crippen LogP contribution is 2.28. The summed E-state index contributed by atoms with van der Waals surface area (Å²) >= 11 is 0. The van der Waals surface area contributed by atoms with Crippen molar-refractivity contribution in [2.24, 2.45) is 0 Å². The van der Waals surface area contributed by atoms with E-state index >= 15 is 0 Å². The smallest absolute Gasteiger partial charge is 0.264 e. The van der Waals surface area contributed by atoms with Crippen molar-refractivity contribution in [1.29, 1.82) is 0 Å². The molecule has 0 spiro atoms. The molecule has 0 saturated heterocycles. The molecule has 0 aliphatic carbocycles. The summed E-state index contributed by atoms with van der Waals surface area (Å²) in [5.74, 6) is -0.764. The summed E-state index contributed by atoms with van der Waals surface area (Å²) in [6.45, 7) is 5.31. The second kappa shape index (κ2) is 11.9. The summed E-state index contributed by atoms with van der Waals surface area (Å²) in [4.78, 5) is 28.1. The molecule has 2 amide bonds. The Balaban J connectivity index is 2.07. The molecule has 0 radical (unpaired) electrons. The number of nitrogens with one attached hydrogen (secondary N) is 1. The fourth-order valence-corrected chi connectivity index (χ4v) is 5.68. The Morgan fingerprint density at radius 1 is 0.917 bits per heavy atom. The molecule has 1 unspecified atom stereocenters. The molecule has 0 saturated carbocycles. The van der Waals surface area contributed by atoms with E-state index in [4.69, 9.17) is 0 Å². The number of nitrogens with zero attached hydrogens (tertiary/aromatic N) is 2. The molecule has 1 N–H and O–H groups in total. The van der Waals surface area contributed by atoms with Gasteiger partial charge in [0.15, 0.2) is 0 Å². The number of hydrogen-bond acceptors (Lipinski definition) is 4. The molecule has 3 aromatic rings. The molecule has 8 heteroatoms. The zero-order valence-corrected chi connectivity index (χ0v) is 22.0. The van der Waals surface area contributed by atoms with Crippen molar-refractivity contribution in [3.63, 3.8) is 0 Å². The van der Waals surface area contributed by atoms with Gasteiger partial charge in [0.2, 0.25) is 11.8 Å². The van der Waals surface area contributed by atoms with Gasteiger partial charge in [-0.2, -0.15) is 0 Å². The number of amides is 2. The first-order valence-corrected chi connectivity index (χ1v) is 13.3. The first kappa shape index (κ1) is 26.9. The molecule has 3 aromatic carbocycles. The maximum atomic E-state index is 13.8. The van der Waals surface area contributed by atoms with Crippen molar-refractivity contribution in [2.45, 2.75) is 44.7 Å². The van der Waals surface area contributed by atoms with Crippen LogP contribution in [0.2, 0.25) is 0 Å². The van der Waals surface area contributed by atoms with E-state index in [0.29, 0.717) is 12.1 Å². The predicted molar refractivity (Wildman–Crippen MR) is 142 cm³/mol. The monoisotopic (exact) mass is 507 g/mol. The third-order valence-electron chi connectivity index (χ3n) is 6.06. The summed E-state index contributed by atoms with van der Waals surface area (Å²) < 4.78 is 28.7. The Kier molecular flexibility index (Phi) is 8.88. The number of carbonyl (C=O) groups excluding carboxylic acids is 2. The van der Waals surface area contributed by atoms with Gasteiger partial charge < -0.3 is 10.2 Å². The number of hydrogen-bond donors (Lipinski definition) is 1. The zero-order chi connectivity index (χ0) is 26.3. The lowest BCUT2D eigenvalue weighted by atomic mass is 10.1. The quantitative estimate of drug-likeness (QED) is 0.449. The van der Waals surface area contributed by atoms with E-state index < -0.39 is 28.5 Å². The summed E-state index contributed by atoms with van der Waals surface area (Å²) in [6.07, 6.45) is 0.382. The number of sulfonamides is 1. The highest BCUT2D eigenvalue weighted by atomic mass is 32.2. The van der Waals surface area contributed by atoms with Gasteiger partial charge in [-0.15, -0.1) is 0 Å². The van der Waals surface area contributed by atoms with E-state index in [1.54, 1.807) is 24.3 Å². The van der Waals surface area contributed by atoms with Crippen molar-refractivity contribution >= 4 is 27.5 Å². The molecule has 0 aliphatic rings. The third-order valence-corrected chi connectivity index (χ3v) is 7.83. The minimum Gasteiger partial charge on any atom is -0.357 e. The molecule has 7 nitrogen and oxygen atoms in total. The van der Waals surface area contributed by atoms with Crippen LogP contribution < -0.4 is 9.62 Å². The van der Waals surface area contributed by atoms with Gasteiger partial charge in [0.05, 0.1) is 10.6 Å². The molecule has 0 bridgehead atoms. The molecule has 0 fully saturated rings. The minimum atomic E-state index is -4.06. The van der Waals surface area contributed by atoms with Crippen molar-refractivity contribution in [1.82, 2.24) is 10.2 Å². The van der Waals surface area contributed by atoms with E-state index in [9.17, 15) is 18.0 Å². The fraction of sp³-hybridized carbons (Fsp3) is 0.286. The molecule has 0 heterocycles. The fourth-order valence-electron chi connectivity index (χ4n) is 4.18. The number of aryl methyl sites for hydroxylation is 2. The predicted octanol–water partition coefficient (Wildman–Crippen LogP) is 4.05. The minimum absolute atomic E-state index is 0.0886. The first-order valence-electron chi connectivity index (χ1n) is 11.9. The molecule has 0 aromatic heterocycles. The Morgan fingerprint density at radius 2 is 1.53 bits per heavy atom. The molecular formula is C28H33N3O4S. The van der Waals surface area contributed by atoms with Gasteiger partial charge in [-0.3, -0.25) is 13.9 Å². The second-order valence-electron chi connectivity index (χ2n) is 8.66. The number of carbonyl (C=O) groups is 2. The third kappa shape index (κ3) is 6.12. The molecule has 190 valence electrons. The van der Waals surface area contributed by atoms with Crippen molar-refractivity contribution in [3.05, 3.63) is 95.6 Å². The van der Waals surface area contributed by atoms with Crippen LogP contribution in [0.1, 0.15) is 30.0 Å². The Bertz CT molecular complexity index is 1290. The van der Waals surface area contributed by atoms with Gasteiger partial charge >= 0.3 is 0 Å². The van der Waals surface area contributed by atoms with Crippen LogP contribution in [-0.4, -0.2) is 44.8 Å². The number of benzene rings is 3. The normalized spacial score (nSPS) is 12.0. The number of likely N-dealkylation sites (N-methyl/N-ethyl adjacent to an activating group) is 1. The lowest BCUT2D eigenvalue weighted by Gasteiger charge is -2.33. The average Bonchev–Trinajstić information content (AvgIpc) is 2.88. The topological polar surface area (TPSA) is 86.8 Å². The highest BCUT2D eigenvalue weighted by molar-refractivity contribution is 7.92. The van der Waals surface area contributed by atoms with Crippen LogP contribution in [0.5, 0.6) is 0 Å². The highest BCUT2D eigenvalue weighted by Gasteiger charge is 2.33. The van der Waals surface area contributed by atoms with Gasteiger partial charge in [-0.1, -0.05) is 73.2 Å². The van der Waals surface area contributed by atoms with E-state index in [1.165, 1.54) is 24.1 Å². The van der Waals surface area contributed by atoms with Crippen LogP contribution in [-0.2, 0) is 26.2 Å². The van der Waals surface area contributed by atoms with E-state index in [1.807, 2.05) is 63.2 Å². The standard InChI is InChI=1S/C28H33N3O4S/c1-5-25(28(33)29-4)30(19-23-12-8-6-9-13-23)27(32)20-31(26-17-16-21(2)18-22(26)3)36(34,35)24-14-10-7-11-15-24/h6-18,25H,5,19-20H2,1-4H3,(H,29,33). The molecule has 36 heavy (non-hydrogen) atoms.